The maximum Gasteiger partial charge on any atom is 0.244 e. The molecule has 1 amide bonds. The van der Waals surface area contributed by atoms with Crippen molar-refractivity contribution in [3.05, 3.63) is 81.5 Å². The number of nitrogens with one attached hydrogen (secondary N) is 1. The van der Waals surface area contributed by atoms with Gasteiger partial charge < -0.3 is 10.4 Å². The Labute approximate surface area is 196 Å². The summed E-state index contributed by atoms with van der Waals surface area (Å²) >= 11 is 7.40. The van der Waals surface area contributed by atoms with Crippen molar-refractivity contribution in [3.8, 4) is 5.75 Å². The van der Waals surface area contributed by atoms with Crippen molar-refractivity contribution in [2.45, 2.75) is 36.2 Å². The fraction of sp³-hybridized carbons (Fsp3) is 0.261. The number of sulfonamides is 1. The van der Waals surface area contributed by atoms with Gasteiger partial charge in [-0.2, -0.15) is 4.31 Å². The Morgan fingerprint density at radius 1 is 1.09 bits per heavy atom. The molecule has 4 rings (SSSR count). The maximum absolute atomic E-state index is 14.0. The van der Waals surface area contributed by atoms with Gasteiger partial charge in [-0.15, -0.1) is 11.3 Å². The second-order valence-electron chi connectivity index (χ2n) is 7.60. The van der Waals surface area contributed by atoms with Crippen molar-refractivity contribution >= 4 is 38.9 Å². The standard InChI is InChI=1S/C23H23ClN2O4S2/c24-17-9-11-19(12-10-17)32(29,30)26(20-7-1-2-13-25-23(20)28)22(21-8-4-14-31-21)16-5-3-6-18(27)15-16/h3-6,8-12,14-15,20,22,27H,1-2,7,13H2,(H,25,28). The van der Waals surface area contributed by atoms with E-state index in [1.54, 1.807) is 18.2 Å². The minimum atomic E-state index is -4.11. The highest BCUT2D eigenvalue weighted by molar-refractivity contribution is 7.89. The number of phenolic OH excluding ortho intramolecular Hbond substituents is 1. The number of rotatable bonds is 6. The molecule has 0 saturated carbocycles. The highest BCUT2D eigenvalue weighted by Crippen LogP contribution is 2.39. The number of nitrogens with zero attached hydrogens (tertiary/aromatic N) is 1. The summed E-state index contributed by atoms with van der Waals surface area (Å²) < 4.78 is 29.4. The van der Waals surface area contributed by atoms with Gasteiger partial charge in [-0.3, -0.25) is 4.79 Å². The van der Waals surface area contributed by atoms with Crippen LogP contribution in [-0.2, 0) is 14.8 Å². The minimum Gasteiger partial charge on any atom is -0.508 e. The first-order valence-electron chi connectivity index (χ1n) is 10.3. The Bertz CT molecular complexity index is 1180. The van der Waals surface area contributed by atoms with Gasteiger partial charge in [0, 0.05) is 16.4 Å². The van der Waals surface area contributed by atoms with E-state index >= 15 is 0 Å². The van der Waals surface area contributed by atoms with Gasteiger partial charge in [-0.05, 0) is 72.7 Å². The number of amides is 1. The number of hydrogen-bond donors (Lipinski definition) is 2. The minimum absolute atomic E-state index is 0.0261. The van der Waals surface area contributed by atoms with E-state index in [1.807, 2.05) is 17.5 Å². The summed E-state index contributed by atoms with van der Waals surface area (Å²) in [6.07, 6.45) is 1.90. The van der Waals surface area contributed by atoms with E-state index in [2.05, 4.69) is 5.32 Å². The molecule has 1 fully saturated rings. The van der Waals surface area contributed by atoms with Crippen molar-refractivity contribution in [2.75, 3.05) is 6.54 Å². The SMILES string of the molecule is O=C1NCCCCC1N(C(c1cccc(O)c1)c1cccs1)S(=O)(=O)c1ccc(Cl)cc1. The topological polar surface area (TPSA) is 86.7 Å². The molecule has 32 heavy (non-hydrogen) atoms. The van der Waals surface area contributed by atoms with Gasteiger partial charge in [-0.25, -0.2) is 8.42 Å². The molecular weight excluding hydrogens is 468 g/mol. The number of benzene rings is 2. The summed E-state index contributed by atoms with van der Waals surface area (Å²) in [7, 11) is -4.11. The number of phenols is 1. The van der Waals surface area contributed by atoms with Crippen molar-refractivity contribution in [1.29, 1.82) is 0 Å². The van der Waals surface area contributed by atoms with Crippen LogP contribution in [0.1, 0.15) is 35.7 Å². The van der Waals surface area contributed by atoms with Gasteiger partial charge in [0.05, 0.1) is 10.9 Å². The highest BCUT2D eigenvalue weighted by Gasteiger charge is 2.43. The molecule has 2 atom stereocenters. The van der Waals surface area contributed by atoms with Crippen LogP contribution >= 0.6 is 22.9 Å². The highest BCUT2D eigenvalue weighted by atomic mass is 35.5. The average Bonchev–Trinajstić information content (AvgIpc) is 3.21. The molecular formula is C23H23ClN2O4S2. The zero-order chi connectivity index (χ0) is 22.7. The van der Waals surface area contributed by atoms with E-state index in [-0.39, 0.29) is 16.6 Å². The van der Waals surface area contributed by atoms with Crippen LogP contribution in [0.25, 0.3) is 0 Å². The number of carbonyl (C=O) groups excluding carboxylic acids is 1. The molecule has 9 heteroatoms. The third-order valence-electron chi connectivity index (χ3n) is 5.46. The van der Waals surface area contributed by atoms with Gasteiger partial charge >= 0.3 is 0 Å². The Balaban J connectivity index is 1.94. The number of hydrogen-bond acceptors (Lipinski definition) is 5. The number of aromatic hydroxyl groups is 1. The molecule has 168 valence electrons. The summed E-state index contributed by atoms with van der Waals surface area (Å²) in [5, 5.41) is 15.3. The van der Waals surface area contributed by atoms with Crippen molar-refractivity contribution in [3.63, 3.8) is 0 Å². The van der Waals surface area contributed by atoms with E-state index in [1.165, 1.54) is 46.0 Å². The van der Waals surface area contributed by atoms with Crippen LogP contribution in [0.3, 0.4) is 0 Å². The molecule has 6 nitrogen and oxygen atoms in total. The van der Waals surface area contributed by atoms with E-state index in [0.717, 1.165) is 11.3 Å². The molecule has 0 spiro atoms. The molecule has 1 aliphatic rings. The molecule has 0 bridgehead atoms. The van der Waals surface area contributed by atoms with Crippen LogP contribution in [0.2, 0.25) is 5.02 Å². The zero-order valence-electron chi connectivity index (χ0n) is 17.1. The Hall–Kier alpha value is -2.39. The molecule has 2 aromatic carbocycles. The van der Waals surface area contributed by atoms with E-state index in [4.69, 9.17) is 11.6 Å². The van der Waals surface area contributed by atoms with Crippen LogP contribution in [-0.4, -0.2) is 36.3 Å². The molecule has 1 aliphatic heterocycles. The molecule has 0 aliphatic carbocycles. The van der Waals surface area contributed by atoms with Crippen LogP contribution in [0.4, 0.5) is 0 Å². The second kappa shape index (κ2) is 9.62. The Kier molecular flexibility index (Phi) is 6.85. The van der Waals surface area contributed by atoms with Crippen molar-refractivity contribution in [2.24, 2.45) is 0 Å². The third kappa shape index (κ3) is 4.68. The molecule has 1 saturated heterocycles. The summed E-state index contributed by atoms with van der Waals surface area (Å²) in [6.45, 7) is 0.514. The van der Waals surface area contributed by atoms with Crippen LogP contribution in [0, 0.1) is 0 Å². The molecule has 2 heterocycles. The lowest BCUT2D eigenvalue weighted by Gasteiger charge is -2.35. The first-order chi connectivity index (χ1) is 15.4. The lowest BCUT2D eigenvalue weighted by atomic mass is 10.0. The van der Waals surface area contributed by atoms with Crippen LogP contribution in [0.15, 0.2) is 70.9 Å². The first kappa shape index (κ1) is 22.8. The monoisotopic (exact) mass is 490 g/mol. The molecule has 3 aromatic rings. The molecule has 2 N–H and O–H groups in total. The fourth-order valence-electron chi connectivity index (χ4n) is 3.96. The van der Waals surface area contributed by atoms with Crippen molar-refractivity contribution < 1.29 is 18.3 Å². The second-order valence-corrected chi connectivity index (χ2v) is 10.9. The van der Waals surface area contributed by atoms with Gasteiger partial charge in [0.1, 0.15) is 11.8 Å². The Morgan fingerprint density at radius 2 is 1.88 bits per heavy atom. The van der Waals surface area contributed by atoms with Gasteiger partial charge in [-0.1, -0.05) is 29.8 Å². The summed E-state index contributed by atoms with van der Waals surface area (Å²) in [5.41, 5.74) is 0.585. The fourth-order valence-corrected chi connectivity index (χ4v) is 6.77. The van der Waals surface area contributed by atoms with E-state index in [9.17, 15) is 18.3 Å². The summed E-state index contributed by atoms with van der Waals surface area (Å²) in [6, 6.07) is 14.5. The lowest BCUT2D eigenvalue weighted by molar-refractivity contribution is -0.124. The van der Waals surface area contributed by atoms with E-state index in [0.29, 0.717) is 30.0 Å². The number of thiophene rings is 1. The van der Waals surface area contributed by atoms with Crippen LogP contribution < -0.4 is 5.32 Å². The normalized spacial score (nSPS) is 18.2. The summed E-state index contributed by atoms with van der Waals surface area (Å²) in [4.78, 5) is 13.9. The van der Waals surface area contributed by atoms with Gasteiger partial charge in [0.2, 0.25) is 15.9 Å². The largest absolute Gasteiger partial charge is 0.508 e. The molecule has 1 aromatic heterocycles. The number of carbonyl (C=O) groups is 1. The lowest BCUT2D eigenvalue weighted by Crippen LogP contribution is -2.50. The predicted molar refractivity (Wildman–Crippen MR) is 125 cm³/mol. The third-order valence-corrected chi connectivity index (χ3v) is 8.52. The average molecular weight is 491 g/mol. The summed E-state index contributed by atoms with van der Waals surface area (Å²) in [5.74, 6) is -0.292. The maximum atomic E-state index is 14.0. The zero-order valence-corrected chi connectivity index (χ0v) is 19.5. The van der Waals surface area contributed by atoms with Crippen molar-refractivity contribution in [1.82, 2.24) is 9.62 Å². The quantitative estimate of drug-likeness (QED) is 0.530. The number of halogens is 1. The molecule has 2 unspecified atom stereocenters. The van der Waals surface area contributed by atoms with E-state index < -0.39 is 22.1 Å². The predicted octanol–water partition coefficient (Wildman–Crippen LogP) is 4.56. The van der Waals surface area contributed by atoms with Gasteiger partial charge in [0.15, 0.2) is 0 Å². The first-order valence-corrected chi connectivity index (χ1v) is 13.0. The van der Waals surface area contributed by atoms with Crippen LogP contribution in [0.5, 0.6) is 5.75 Å². The van der Waals surface area contributed by atoms with Gasteiger partial charge in [0.25, 0.3) is 0 Å². The molecule has 0 radical (unpaired) electrons. The Morgan fingerprint density at radius 3 is 2.56 bits per heavy atom. The smallest absolute Gasteiger partial charge is 0.244 e.